The van der Waals surface area contributed by atoms with Crippen LogP contribution in [0.25, 0.3) is 16.8 Å². The monoisotopic (exact) mass is 634 g/mol. The maximum atomic E-state index is 14.1. The van der Waals surface area contributed by atoms with Crippen LogP contribution in [0.3, 0.4) is 0 Å². The predicted octanol–water partition coefficient (Wildman–Crippen LogP) is 5.83. The third-order valence-electron chi connectivity index (χ3n) is 8.10. The summed E-state index contributed by atoms with van der Waals surface area (Å²) in [6, 6.07) is 17.2. The molecule has 1 aliphatic heterocycles. The number of amides is 1. The lowest BCUT2D eigenvalue weighted by Gasteiger charge is -2.32. The molecule has 45 heavy (non-hydrogen) atoms. The third kappa shape index (κ3) is 8.90. The van der Waals surface area contributed by atoms with Crippen molar-refractivity contribution in [3.63, 3.8) is 0 Å². The van der Waals surface area contributed by atoms with Gasteiger partial charge in [-0.15, -0.1) is 9.24 Å². The van der Waals surface area contributed by atoms with Crippen molar-refractivity contribution in [3.05, 3.63) is 84.3 Å². The molecule has 2 heterocycles. The number of carbonyl (C=O) groups is 1. The van der Waals surface area contributed by atoms with Gasteiger partial charge in [0.05, 0.1) is 5.70 Å². The van der Waals surface area contributed by atoms with E-state index in [2.05, 4.69) is 104 Å². The number of nitrogens with one attached hydrogen (secondary N) is 2. The average Bonchev–Trinajstić information content (AvgIpc) is 3.60. The number of likely N-dealkylation sites (tertiary alicyclic amines) is 1. The molecular weight excluding hydrogens is 579 g/mol. The summed E-state index contributed by atoms with van der Waals surface area (Å²) >= 11 is 0. The molecule has 0 bridgehead atoms. The highest BCUT2D eigenvalue weighted by atomic mass is 31.0. The number of nitrogens with zero attached hydrogens (tertiary/aromatic N) is 3. The van der Waals surface area contributed by atoms with Gasteiger partial charge in [-0.05, 0) is 53.2 Å². The Hall–Kier alpha value is -3.32. The summed E-state index contributed by atoms with van der Waals surface area (Å²) in [6.07, 6.45) is 7.02. The van der Waals surface area contributed by atoms with Gasteiger partial charge in [-0.2, -0.15) is 0 Å². The van der Waals surface area contributed by atoms with Crippen LogP contribution in [-0.2, 0) is 10.2 Å². The molecule has 2 atom stereocenters. The summed E-state index contributed by atoms with van der Waals surface area (Å²) in [5, 5.41) is 6.73. The van der Waals surface area contributed by atoms with Crippen molar-refractivity contribution in [2.45, 2.75) is 83.8 Å². The molecule has 0 spiro atoms. The minimum atomic E-state index is -0.674. The number of carbonyl (C=O) groups excluding carboxylic acids is 1. The second-order valence-corrected chi connectivity index (χ2v) is 13.4. The van der Waals surface area contributed by atoms with Crippen LogP contribution in [0.4, 0.5) is 5.82 Å². The van der Waals surface area contributed by atoms with Crippen molar-refractivity contribution in [2.75, 3.05) is 31.9 Å². The van der Waals surface area contributed by atoms with E-state index in [1.807, 2.05) is 27.7 Å². The predicted molar refractivity (Wildman–Crippen MR) is 193 cm³/mol. The van der Waals surface area contributed by atoms with Gasteiger partial charge < -0.3 is 26.7 Å². The molecular formula is C36H55N6O2P. The molecule has 1 saturated heterocycles. The molecule has 1 fully saturated rings. The van der Waals surface area contributed by atoms with Crippen molar-refractivity contribution in [1.82, 2.24) is 25.5 Å². The van der Waals surface area contributed by atoms with E-state index in [-0.39, 0.29) is 16.5 Å². The standard InChI is InChI=1S/C32H41N6OP.2C2H6.H2O/c1-22(28-29(33)35-17-16-34-28)37-23-14-19-38(20-23)18-9-8-15-32(30(39)36-21-31(2,3)40)26-12-6-4-10-24(26)25-11-5-7-13-27(25)32;2*1-2;/h4-7,10-13,16-17,23,37H,1,8-9,14-15,18-21,40H2,2-3H3,(H2,33,35)(H,36,39);2*1-2H3;1H2. The molecule has 2 unspecified atom stereocenters. The van der Waals surface area contributed by atoms with Crippen molar-refractivity contribution in [2.24, 2.45) is 0 Å². The molecule has 0 saturated carbocycles. The van der Waals surface area contributed by atoms with Gasteiger partial charge in [0.15, 0.2) is 5.82 Å². The molecule has 246 valence electrons. The second-order valence-electron chi connectivity index (χ2n) is 11.8. The minimum absolute atomic E-state index is 0. The van der Waals surface area contributed by atoms with E-state index in [0.717, 1.165) is 62.1 Å². The Morgan fingerprint density at radius 3 is 2.18 bits per heavy atom. The lowest BCUT2D eigenvalue weighted by molar-refractivity contribution is -0.125. The van der Waals surface area contributed by atoms with Crippen LogP contribution < -0.4 is 16.4 Å². The van der Waals surface area contributed by atoms with E-state index in [4.69, 9.17) is 5.73 Å². The van der Waals surface area contributed by atoms with Gasteiger partial charge in [-0.25, -0.2) is 9.97 Å². The quantitative estimate of drug-likeness (QED) is 0.180. The molecule has 1 aromatic heterocycles. The maximum absolute atomic E-state index is 14.1. The van der Waals surface area contributed by atoms with E-state index in [9.17, 15) is 4.79 Å². The minimum Gasteiger partial charge on any atom is -0.412 e. The molecule has 8 nitrogen and oxygen atoms in total. The first-order valence-electron chi connectivity index (χ1n) is 16.2. The molecule has 2 aromatic carbocycles. The van der Waals surface area contributed by atoms with Crippen LogP contribution in [0, 0.1) is 0 Å². The van der Waals surface area contributed by atoms with Crippen LogP contribution in [0.5, 0.6) is 0 Å². The van der Waals surface area contributed by atoms with E-state index < -0.39 is 5.41 Å². The lowest BCUT2D eigenvalue weighted by atomic mass is 9.73. The fourth-order valence-electron chi connectivity index (χ4n) is 6.19. The summed E-state index contributed by atoms with van der Waals surface area (Å²) in [7, 11) is 2.84. The van der Waals surface area contributed by atoms with Gasteiger partial charge in [0.1, 0.15) is 11.1 Å². The lowest BCUT2D eigenvalue weighted by Crippen LogP contribution is -2.47. The number of fused-ring (bicyclic) bond motifs is 3. The zero-order valence-corrected chi connectivity index (χ0v) is 29.3. The van der Waals surface area contributed by atoms with E-state index in [1.54, 1.807) is 12.4 Å². The average molecular weight is 635 g/mol. The number of hydrogen-bond acceptors (Lipinski definition) is 6. The number of aromatic nitrogens is 2. The van der Waals surface area contributed by atoms with Gasteiger partial charge in [0.25, 0.3) is 0 Å². The number of nitrogens with two attached hydrogens (primary N) is 1. The Morgan fingerprint density at radius 1 is 1.02 bits per heavy atom. The fraction of sp³-hybridized carbons (Fsp3) is 0.472. The highest BCUT2D eigenvalue weighted by Gasteiger charge is 2.48. The van der Waals surface area contributed by atoms with Gasteiger partial charge in [-0.3, -0.25) is 4.79 Å². The SMILES string of the molecule is C=C(NC1CCN(CCCCC2(C(=O)NCC(C)(C)P)c3ccccc3-c3ccccc32)C1)c1nccnc1N.CC.CC.O. The first-order valence-corrected chi connectivity index (χ1v) is 16.8. The molecule has 9 heteroatoms. The van der Waals surface area contributed by atoms with Crippen molar-refractivity contribution in [1.29, 1.82) is 0 Å². The number of unbranched alkanes of at least 4 members (excludes halogenated alkanes) is 1. The number of benzene rings is 2. The molecule has 1 aliphatic carbocycles. The molecule has 3 aromatic rings. The van der Waals surface area contributed by atoms with Crippen molar-refractivity contribution >= 4 is 26.7 Å². The topological polar surface area (TPSA) is 128 Å². The molecule has 0 radical (unpaired) electrons. The zero-order valence-electron chi connectivity index (χ0n) is 28.1. The van der Waals surface area contributed by atoms with Gasteiger partial charge in [0.2, 0.25) is 5.91 Å². The largest absolute Gasteiger partial charge is 0.412 e. The molecule has 2 aliphatic rings. The Bertz CT molecular complexity index is 1340. The van der Waals surface area contributed by atoms with Crippen molar-refractivity contribution in [3.8, 4) is 11.1 Å². The molecule has 1 amide bonds. The number of anilines is 1. The van der Waals surface area contributed by atoms with Crippen molar-refractivity contribution < 1.29 is 10.3 Å². The fourth-order valence-corrected chi connectivity index (χ4v) is 6.29. The van der Waals surface area contributed by atoms with Crippen LogP contribution in [0.2, 0.25) is 0 Å². The molecule has 6 N–H and O–H groups in total. The van der Waals surface area contributed by atoms with Crippen LogP contribution in [-0.4, -0.2) is 63.6 Å². The highest BCUT2D eigenvalue weighted by Crippen LogP contribution is 2.51. The van der Waals surface area contributed by atoms with E-state index in [0.29, 0.717) is 24.1 Å². The van der Waals surface area contributed by atoms with Gasteiger partial charge in [0, 0.05) is 38.1 Å². The number of hydrogen-bond donors (Lipinski definition) is 3. The Balaban J connectivity index is 0.00000136. The second kappa shape index (κ2) is 17.4. The molecule has 5 rings (SSSR count). The van der Waals surface area contributed by atoms with E-state index >= 15 is 0 Å². The third-order valence-corrected chi connectivity index (χ3v) is 8.30. The Kier molecular flexibility index (Phi) is 14.6. The summed E-state index contributed by atoms with van der Waals surface area (Å²) in [5.41, 5.74) is 11.2. The summed E-state index contributed by atoms with van der Waals surface area (Å²) in [6.45, 7) is 20.0. The van der Waals surface area contributed by atoms with Gasteiger partial charge >= 0.3 is 0 Å². The zero-order chi connectivity index (χ0) is 32.3. The summed E-state index contributed by atoms with van der Waals surface area (Å²) in [4.78, 5) is 25.0. The maximum Gasteiger partial charge on any atom is 0.235 e. The smallest absolute Gasteiger partial charge is 0.235 e. The van der Waals surface area contributed by atoms with Gasteiger partial charge in [-0.1, -0.05) is 103 Å². The van der Waals surface area contributed by atoms with Crippen LogP contribution in [0.1, 0.15) is 84.0 Å². The highest BCUT2D eigenvalue weighted by molar-refractivity contribution is 7.18. The normalized spacial score (nSPS) is 16.0. The number of nitrogen functional groups attached to an aromatic ring is 1. The van der Waals surface area contributed by atoms with E-state index in [1.165, 1.54) is 11.1 Å². The first-order chi connectivity index (χ1) is 21.2. The van der Waals surface area contributed by atoms with Crippen LogP contribution in [0.15, 0.2) is 67.5 Å². The van der Waals surface area contributed by atoms with Crippen LogP contribution >= 0.6 is 9.24 Å². The Morgan fingerprint density at radius 2 is 1.60 bits per heavy atom. The Labute approximate surface area is 273 Å². The summed E-state index contributed by atoms with van der Waals surface area (Å²) < 4.78 is 0. The first kappa shape index (κ1) is 37.9. The number of rotatable bonds is 11. The summed E-state index contributed by atoms with van der Waals surface area (Å²) in [5.74, 6) is 0.497.